The molecule has 0 aliphatic carbocycles. The molecule has 2 heteroatoms. The van der Waals surface area contributed by atoms with E-state index in [0.29, 0.717) is 0 Å². The average molecular weight is 142 g/mol. The minimum Gasteiger partial charge on any atom is -0.462 e. The summed E-state index contributed by atoms with van der Waals surface area (Å²) in [5, 5.41) is 0. The summed E-state index contributed by atoms with van der Waals surface area (Å²) < 4.78 is 5.03. The molecule has 0 N–H and O–H groups in total. The highest BCUT2D eigenvalue weighted by atomic mass is 16.6. The quantitative estimate of drug-likeness (QED) is 0.521. The van der Waals surface area contributed by atoms with E-state index >= 15 is 0 Å². The number of esters is 1. The van der Waals surface area contributed by atoms with Crippen molar-refractivity contribution in [1.82, 2.24) is 0 Å². The summed E-state index contributed by atoms with van der Waals surface area (Å²) >= 11 is 0. The molecular weight excluding hydrogens is 128 g/mol. The minimum atomic E-state index is -0.195. The molecule has 0 aromatic carbocycles. The lowest BCUT2D eigenvalue weighted by atomic mass is 9.85. The molecule has 1 aliphatic heterocycles. The normalized spacial score (nSPS) is 39.9. The first-order valence-corrected chi connectivity index (χ1v) is 3.79. The Kier molecular flexibility index (Phi) is 1.71. The fourth-order valence-corrected chi connectivity index (χ4v) is 1.37. The number of carbonyl (C=O) groups excluding carboxylic acids is 1. The van der Waals surface area contributed by atoms with Crippen LogP contribution in [-0.2, 0) is 9.53 Å². The predicted molar refractivity (Wildman–Crippen MR) is 38.6 cm³/mol. The van der Waals surface area contributed by atoms with Crippen LogP contribution in [0.3, 0.4) is 0 Å². The first-order valence-electron chi connectivity index (χ1n) is 3.79. The molecular formula is C8H14O2. The van der Waals surface area contributed by atoms with Crippen LogP contribution in [0.5, 0.6) is 0 Å². The maximum atomic E-state index is 11.1. The van der Waals surface area contributed by atoms with Crippen molar-refractivity contribution < 1.29 is 9.53 Å². The highest BCUT2D eigenvalue weighted by molar-refractivity contribution is 5.78. The summed E-state index contributed by atoms with van der Waals surface area (Å²) in [4.78, 5) is 11.1. The summed E-state index contributed by atoms with van der Waals surface area (Å²) in [5.41, 5.74) is -0.195. The van der Waals surface area contributed by atoms with Crippen molar-refractivity contribution in [2.24, 2.45) is 5.41 Å². The molecule has 2 unspecified atom stereocenters. The van der Waals surface area contributed by atoms with Crippen molar-refractivity contribution in [1.29, 1.82) is 0 Å². The maximum Gasteiger partial charge on any atom is 0.312 e. The van der Waals surface area contributed by atoms with Crippen molar-refractivity contribution in [2.45, 2.75) is 39.7 Å². The van der Waals surface area contributed by atoms with Crippen LogP contribution in [0.2, 0.25) is 0 Å². The first kappa shape index (κ1) is 7.58. The van der Waals surface area contributed by atoms with Gasteiger partial charge in [0.05, 0.1) is 5.41 Å². The summed E-state index contributed by atoms with van der Waals surface area (Å²) in [5.74, 6) is -0.0255. The fourth-order valence-electron chi connectivity index (χ4n) is 1.37. The Labute approximate surface area is 61.6 Å². The zero-order valence-electron chi connectivity index (χ0n) is 6.81. The van der Waals surface area contributed by atoms with Crippen LogP contribution in [0.4, 0.5) is 0 Å². The predicted octanol–water partition coefficient (Wildman–Crippen LogP) is 1.74. The summed E-state index contributed by atoms with van der Waals surface area (Å²) in [6.45, 7) is 5.94. The molecule has 2 atom stereocenters. The largest absolute Gasteiger partial charge is 0.462 e. The maximum absolute atomic E-state index is 11.1. The number of ether oxygens (including phenoxy) is 1. The van der Waals surface area contributed by atoms with Crippen LogP contribution in [0.1, 0.15) is 33.6 Å². The van der Waals surface area contributed by atoms with Gasteiger partial charge >= 0.3 is 5.97 Å². The lowest BCUT2D eigenvalue weighted by Gasteiger charge is -2.14. The van der Waals surface area contributed by atoms with Gasteiger partial charge in [-0.05, 0) is 26.7 Å². The van der Waals surface area contributed by atoms with Crippen molar-refractivity contribution in [2.75, 3.05) is 0 Å². The van der Waals surface area contributed by atoms with Gasteiger partial charge in [0.15, 0.2) is 0 Å². The van der Waals surface area contributed by atoms with Crippen LogP contribution in [0, 0.1) is 5.41 Å². The molecule has 0 aromatic heterocycles. The Balaban J connectivity index is 2.70. The summed E-state index contributed by atoms with van der Waals surface area (Å²) in [6.07, 6.45) is 1.89. The van der Waals surface area contributed by atoms with Gasteiger partial charge in [-0.15, -0.1) is 0 Å². The third-order valence-electron chi connectivity index (χ3n) is 2.32. The van der Waals surface area contributed by atoms with Crippen molar-refractivity contribution in [3.63, 3.8) is 0 Å². The zero-order chi connectivity index (χ0) is 7.78. The number of hydrogen-bond donors (Lipinski definition) is 0. The topological polar surface area (TPSA) is 26.3 Å². The summed E-state index contributed by atoms with van der Waals surface area (Å²) in [6, 6.07) is 0. The molecule has 0 spiro atoms. The molecule has 0 saturated carbocycles. The van der Waals surface area contributed by atoms with E-state index in [2.05, 4.69) is 0 Å². The average Bonchev–Trinajstić information content (AvgIpc) is 2.09. The molecule has 1 heterocycles. The van der Waals surface area contributed by atoms with Gasteiger partial charge in [-0.1, -0.05) is 6.92 Å². The monoisotopic (exact) mass is 142 g/mol. The molecule has 0 bridgehead atoms. The van der Waals surface area contributed by atoms with E-state index < -0.39 is 0 Å². The second-order valence-electron chi connectivity index (χ2n) is 3.33. The van der Waals surface area contributed by atoms with Crippen LogP contribution < -0.4 is 0 Å². The number of rotatable bonds is 1. The van der Waals surface area contributed by atoms with Crippen LogP contribution in [0.25, 0.3) is 0 Å². The number of hydrogen-bond acceptors (Lipinski definition) is 2. The number of carbonyl (C=O) groups is 1. The van der Waals surface area contributed by atoms with Gasteiger partial charge in [0.2, 0.25) is 0 Å². The van der Waals surface area contributed by atoms with E-state index in [1.807, 2.05) is 20.8 Å². The van der Waals surface area contributed by atoms with Crippen molar-refractivity contribution >= 4 is 5.97 Å². The molecule has 0 aromatic rings. The van der Waals surface area contributed by atoms with Crippen molar-refractivity contribution in [3.05, 3.63) is 0 Å². The van der Waals surface area contributed by atoms with E-state index in [4.69, 9.17) is 4.74 Å². The molecule has 58 valence electrons. The van der Waals surface area contributed by atoms with E-state index in [1.54, 1.807) is 0 Å². The van der Waals surface area contributed by atoms with Gasteiger partial charge in [0, 0.05) is 0 Å². The smallest absolute Gasteiger partial charge is 0.312 e. The SMILES string of the molecule is CCC1(C)CC(C)OC1=O. The highest BCUT2D eigenvalue weighted by Crippen LogP contribution is 2.36. The molecule has 1 fully saturated rings. The van der Waals surface area contributed by atoms with Crippen LogP contribution in [0.15, 0.2) is 0 Å². The van der Waals surface area contributed by atoms with Gasteiger partial charge in [0.1, 0.15) is 6.10 Å². The second-order valence-corrected chi connectivity index (χ2v) is 3.33. The second kappa shape index (κ2) is 2.26. The van der Waals surface area contributed by atoms with Gasteiger partial charge in [-0.25, -0.2) is 0 Å². The molecule has 1 rings (SSSR count). The van der Waals surface area contributed by atoms with E-state index in [1.165, 1.54) is 0 Å². The Morgan fingerprint density at radius 3 is 2.60 bits per heavy atom. The van der Waals surface area contributed by atoms with Gasteiger partial charge in [0.25, 0.3) is 0 Å². The third kappa shape index (κ3) is 1.02. The Bertz CT molecular complexity index is 153. The Morgan fingerprint density at radius 1 is 1.80 bits per heavy atom. The number of cyclic esters (lactones) is 1. The third-order valence-corrected chi connectivity index (χ3v) is 2.32. The lowest BCUT2D eigenvalue weighted by Crippen LogP contribution is -2.20. The molecule has 0 radical (unpaired) electrons. The molecule has 1 aliphatic rings. The molecule has 2 nitrogen and oxygen atoms in total. The Hall–Kier alpha value is -0.530. The van der Waals surface area contributed by atoms with Crippen LogP contribution in [-0.4, -0.2) is 12.1 Å². The van der Waals surface area contributed by atoms with Gasteiger partial charge < -0.3 is 4.74 Å². The van der Waals surface area contributed by atoms with E-state index in [0.717, 1.165) is 12.8 Å². The standard InChI is InChI=1S/C8H14O2/c1-4-8(3)5-6(2)10-7(8)9/h6H,4-5H2,1-3H3. The van der Waals surface area contributed by atoms with Gasteiger partial charge in [-0.3, -0.25) is 4.79 Å². The Morgan fingerprint density at radius 2 is 2.40 bits per heavy atom. The van der Waals surface area contributed by atoms with Crippen molar-refractivity contribution in [3.8, 4) is 0 Å². The molecule has 0 amide bonds. The van der Waals surface area contributed by atoms with E-state index in [-0.39, 0.29) is 17.5 Å². The lowest BCUT2D eigenvalue weighted by molar-refractivity contribution is -0.147. The molecule has 10 heavy (non-hydrogen) atoms. The van der Waals surface area contributed by atoms with Gasteiger partial charge in [-0.2, -0.15) is 0 Å². The van der Waals surface area contributed by atoms with Crippen LogP contribution >= 0.6 is 0 Å². The first-order chi connectivity index (χ1) is 4.58. The minimum absolute atomic E-state index is 0.0255. The molecule has 1 saturated heterocycles. The fraction of sp³-hybridized carbons (Fsp3) is 0.875. The zero-order valence-corrected chi connectivity index (χ0v) is 6.81. The summed E-state index contributed by atoms with van der Waals surface area (Å²) in [7, 11) is 0. The highest BCUT2D eigenvalue weighted by Gasteiger charge is 2.41. The van der Waals surface area contributed by atoms with E-state index in [9.17, 15) is 4.79 Å².